The molecule has 1 fully saturated rings. The minimum absolute atomic E-state index is 0.0655. The largest absolute Gasteiger partial charge is 0.341 e. The Kier molecular flexibility index (Phi) is 6.65. The average Bonchev–Trinajstić information content (AvgIpc) is 2.42. The maximum atomic E-state index is 12.2. The first-order valence-electron chi connectivity index (χ1n) is 8.05. The molecular weight excluding hydrogens is 266 g/mol. The first kappa shape index (κ1) is 18.0. The Morgan fingerprint density at radius 1 is 1.19 bits per heavy atom. The molecule has 1 unspecified atom stereocenters. The van der Waals surface area contributed by atoms with E-state index >= 15 is 0 Å². The lowest BCUT2D eigenvalue weighted by Crippen LogP contribution is -2.50. The molecule has 1 atom stereocenters. The molecule has 1 saturated heterocycles. The minimum atomic E-state index is -0.397. The van der Waals surface area contributed by atoms with E-state index in [1.54, 1.807) is 6.92 Å². The van der Waals surface area contributed by atoms with Crippen LogP contribution in [0.15, 0.2) is 0 Å². The second kappa shape index (κ2) is 7.78. The second-order valence-electron chi connectivity index (χ2n) is 6.80. The van der Waals surface area contributed by atoms with Gasteiger partial charge < -0.3 is 15.5 Å². The molecule has 0 bridgehead atoms. The number of hydrogen-bond acceptors (Lipinski definition) is 3. The van der Waals surface area contributed by atoms with Crippen LogP contribution in [0.25, 0.3) is 0 Å². The lowest BCUT2D eigenvalue weighted by atomic mass is 9.94. The van der Waals surface area contributed by atoms with Crippen LogP contribution in [0.3, 0.4) is 0 Å². The van der Waals surface area contributed by atoms with Gasteiger partial charge in [-0.2, -0.15) is 0 Å². The summed E-state index contributed by atoms with van der Waals surface area (Å²) in [5, 5.41) is 0. The molecule has 0 aromatic carbocycles. The lowest BCUT2D eigenvalue weighted by Gasteiger charge is -2.37. The highest BCUT2D eigenvalue weighted by molar-refractivity contribution is 5.82. The van der Waals surface area contributed by atoms with Crippen molar-refractivity contribution in [2.24, 2.45) is 17.6 Å². The zero-order valence-corrected chi connectivity index (χ0v) is 14.1. The molecule has 0 aromatic rings. The Labute approximate surface area is 128 Å². The van der Waals surface area contributed by atoms with Crippen molar-refractivity contribution in [3.05, 3.63) is 0 Å². The molecule has 0 aromatic heterocycles. The van der Waals surface area contributed by atoms with E-state index in [1.807, 2.05) is 37.5 Å². The summed E-state index contributed by atoms with van der Waals surface area (Å²) in [6, 6.07) is -0.164. The van der Waals surface area contributed by atoms with E-state index < -0.39 is 6.04 Å². The van der Waals surface area contributed by atoms with Crippen LogP contribution in [0.1, 0.15) is 47.5 Å². The number of piperidine rings is 1. The third-order valence-electron chi connectivity index (χ3n) is 4.41. The fourth-order valence-corrected chi connectivity index (χ4v) is 2.81. The Bertz CT molecular complexity index is 361. The molecule has 0 radical (unpaired) electrons. The monoisotopic (exact) mass is 297 g/mol. The van der Waals surface area contributed by atoms with Gasteiger partial charge in [-0.1, -0.05) is 13.8 Å². The van der Waals surface area contributed by atoms with E-state index in [9.17, 15) is 9.59 Å². The van der Waals surface area contributed by atoms with Gasteiger partial charge in [-0.3, -0.25) is 9.59 Å². The Morgan fingerprint density at radius 3 is 2.10 bits per heavy atom. The smallest absolute Gasteiger partial charge is 0.239 e. The molecule has 2 amide bonds. The quantitative estimate of drug-likeness (QED) is 0.835. The third-order valence-corrected chi connectivity index (χ3v) is 4.41. The van der Waals surface area contributed by atoms with Crippen LogP contribution in [0.2, 0.25) is 0 Å². The summed E-state index contributed by atoms with van der Waals surface area (Å²) in [7, 11) is 0. The highest BCUT2D eigenvalue weighted by Gasteiger charge is 2.29. The van der Waals surface area contributed by atoms with E-state index in [0.29, 0.717) is 5.92 Å². The van der Waals surface area contributed by atoms with Crippen molar-refractivity contribution < 1.29 is 9.59 Å². The van der Waals surface area contributed by atoms with Crippen LogP contribution in [0, 0.1) is 11.8 Å². The third kappa shape index (κ3) is 4.99. The predicted octanol–water partition coefficient (Wildman–Crippen LogP) is 1.47. The van der Waals surface area contributed by atoms with Gasteiger partial charge in [0.2, 0.25) is 11.8 Å². The van der Waals surface area contributed by atoms with Gasteiger partial charge in [-0.15, -0.1) is 0 Å². The van der Waals surface area contributed by atoms with Crippen molar-refractivity contribution in [1.82, 2.24) is 9.80 Å². The fraction of sp³-hybridized carbons (Fsp3) is 0.875. The van der Waals surface area contributed by atoms with E-state index in [0.717, 1.165) is 32.5 Å². The Morgan fingerprint density at radius 2 is 1.71 bits per heavy atom. The highest BCUT2D eigenvalue weighted by Crippen LogP contribution is 2.20. The topological polar surface area (TPSA) is 66.6 Å². The van der Waals surface area contributed by atoms with Crippen molar-refractivity contribution in [2.45, 2.75) is 59.5 Å². The summed E-state index contributed by atoms with van der Waals surface area (Å²) in [6.07, 6.45) is 1.90. The van der Waals surface area contributed by atoms with Crippen molar-refractivity contribution in [2.75, 3.05) is 19.6 Å². The van der Waals surface area contributed by atoms with Gasteiger partial charge in [-0.05, 0) is 38.5 Å². The highest BCUT2D eigenvalue weighted by atomic mass is 16.2. The zero-order chi connectivity index (χ0) is 16.2. The number of amides is 2. The molecule has 1 rings (SSSR count). The molecule has 0 saturated carbocycles. The summed E-state index contributed by atoms with van der Waals surface area (Å²) in [5.41, 5.74) is 5.94. The van der Waals surface area contributed by atoms with Crippen molar-refractivity contribution >= 4 is 11.8 Å². The second-order valence-corrected chi connectivity index (χ2v) is 6.80. The van der Waals surface area contributed by atoms with Crippen molar-refractivity contribution in [1.29, 1.82) is 0 Å². The Balaban J connectivity index is 2.49. The summed E-state index contributed by atoms with van der Waals surface area (Å²) in [5.74, 6) is 0.848. The molecule has 5 heteroatoms. The summed E-state index contributed by atoms with van der Waals surface area (Å²) >= 11 is 0. The minimum Gasteiger partial charge on any atom is -0.341 e. The van der Waals surface area contributed by atoms with Crippen LogP contribution in [0.4, 0.5) is 0 Å². The molecule has 1 heterocycles. The van der Waals surface area contributed by atoms with Crippen LogP contribution in [-0.2, 0) is 9.59 Å². The molecular formula is C16H31N3O2. The van der Waals surface area contributed by atoms with E-state index in [-0.39, 0.29) is 23.8 Å². The van der Waals surface area contributed by atoms with Crippen LogP contribution in [-0.4, -0.2) is 53.3 Å². The van der Waals surface area contributed by atoms with Gasteiger partial charge >= 0.3 is 0 Å². The molecule has 21 heavy (non-hydrogen) atoms. The van der Waals surface area contributed by atoms with Crippen molar-refractivity contribution in [3.8, 4) is 0 Å². The van der Waals surface area contributed by atoms with Gasteiger partial charge in [0.25, 0.3) is 0 Å². The fourth-order valence-electron chi connectivity index (χ4n) is 2.81. The van der Waals surface area contributed by atoms with Crippen LogP contribution < -0.4 is 5.73 Å². The molecule has 1 aliphatic rings. The van der Waals surface area contributed by atoms with E-state index in [2.05, 4.69) is 0 Å². The zero-order valence-electron chi connectivity index (χ0n) is 14.1. The number of carbonyl (C=O) groups is 2. The summed E-state index contributed by atoms with van der Waals surface area (Å²) < 4.78 is 0. The number of nitrogens with zero attached hydrogens (tertiary/aromatic N) is 2. The Hall–Kier alpha value is -1.10. The maximum Gasteiger partial charge on any atom is 0.239 e. The van der Waals surface area contributed by atoms with Gasteiger partial charge in [0.1, 0.15) is 0 Å². The van der Waals surface area contributed by atoms with Gasteiger partial charge in [0.05, 0.1) is 6.04 Å². The molecule has 2 N–H and O–H groups in total. The number of hydrogen-bond donors (Lipinski definition) is 1. The molecule has 0 aliphatic carbocycles. The van der Waals surface area contributed by atoms with Gasteiger partial charge in [0.15, 0.2) is 0 Å². The standard InChI is InChI=1S/C16H31N3O2/c1-11(2)15(17)16(21)18-8-6-14(7-9-18)10-19(12(3)4)13(5)20/h11-12,14-15H,6-10,17H2,1-5H3. The number of likely N-dealkylation sites (tertiary alicyclic amines) is 1. The van der Waals surface area contributed by atoms with Gasteiger partial charge in [-0.25, -0.2) is 0 Å². The predicted molar refractivity (Wildman–Crippen MR) is 84.6 cm³/mol. The molecule has 0 spiro atoms. The number of nitrogens with two attached hydrogens (primary N) is 1. The first-order chi connectivity index (χ1) is 9.73. The van der Waals surface area contributed by atoms with Crippen LogP contribution >= 0.6 is 0 Å². The number of carbonyl (C=O) groups excluding carboxylic acids is 2. The summed E-state index contributed by atoms with van der Waals surface area (Å²) in [6.45, 7) is 12.0. The first-order valence-corrected chi connectivity index (χ1v) is 8.05. The number of rotatable bonds is 5. The van der Waals surface area contributed by atoms with E-state index in [4.69, 9.17) is 5.73 Å². The SMILES string of the molecule is CC(=O)N(CC1CCN(C(=O)C(N)C(C)C)CC1)C(C)C. The normalized spacial score (nSPS) is 18.2. The summed E-state index contributed by atoms with van der Waals surface area (Å²) in [4.78, 5) is 27.7. The average molecular weight is 297 g/mol. The van der Waals surface area contributed by atoms with Crippen molar-refractivity contribution in [3.63, 3.8) is 0 Å². The molecule has 122 valence electrons. The maximum absolute atomic E-state index is 12.2. The van der Waals surface area contributed by atoms with Gasteiger partial charge in [0, 0.05) is 32.6 Å². The van der Waals surface area contributed by atoms with Crippen LogP contribution in [0.5, 0.6) is 0 Å². The lowest BCUT2D eigenvalue weighted by molar-refractivity contribution is -0.136. The molecule has 1 aliphatic heterocycles. The van der Waals surface area contributed by atoms with E-state index in [1.165, 1.54) is 0 Å². The molecule has 5 nitrogen and oxygen atoms in total.